The third-order valence-corrected chi connectivity index (χ3v) is 1.79. The molecule has 0 unspecified atom stereocenters. The van der Waals surface area contributed by atoms with Gasteiger partial charge in [0.15, 0.2) is 0 Å². The summed E-state index contributed by atoms with van der Waals surface area (Å²) in [5.74, 6) is -0.582. The fourth-order valence-electron chi connectivity index (χ4n) is 0.392. The first-order chi connectivity index (χ1) is 5.70. The minimum absolute atomic E-state index is 0.00818. The van der Waals surface area contributed by atoms with Crippen LogP contribution in [-0.4, -0.2) is 46.4 Å². The molecule has 6 heteroatoms. The number of hydrogen-bond acceptors (Lipinski definition) is 5. The third-order valence-electron chi connectivity index (χ3n) is 1.01. The molecule has 72 valence electrons. The molecule has 0 aliphatic carbocycles. The van der Waals surface area contributed by atoms with Crippen molar-refractivity contribution in [3.05, 3.63) is 0 Å². The number of hydrogen-bond donors (Lipinski definition) is 3. The topological polar surface area (TPSA) is 87.0 Å². The van der Waals surface area contributed by atoms with Crippen LogP contribution in [0.15, 0.2) is 0 Å². The smallest absolute Gasteiger partial charge is 0.304 e. The van der Waals surface area contributed by atoms with E-state index in [-0.39, 0.29) is 19.6 Å². The van der Waals surface area contributed by atoms with E-state index >= 15 is 0 Å². The highest BCUT2D eigenvalue weighted by atomic mass is 32.2. The zero-order chi connectivity index (χ0) is 9.40. The summed E-state index contributed by atoms with van der Waals surface area (Å²) in [6, 6.07) is 0. The second-order valence-corrected chi connectivity index (χ2v) is 2.89. The third kappa shape index (κ3) is 6.41. The molecule has 0 bridgehead atoms. The van der Waals surface area contributed by atoms with Crippen LogP contribution < -0.4 is 0 Å². The summed E-state index contributed by atoms with van der Waals surface area (Å²) in [5, 5.41) is 25.3. The average molecular weight is 196 g/mol. The Hall–Kier alpha value is -0.300. The van der Waals surface area contributed by atoms with E-state index in [4.69, 9.17) is 19.5 Å². The maximum Gasteiger partial charge on any atom is 0.304 e. The Kier molecular flexibility index (Phi) is 7.17. The predicted octanol–water partition coefficient (Wildman–Crippen LogP) is -0.521. The van der Waals surface area contributed by atoms with E-state index in [9.17, 15) is 4.79 Å². The van der Waals surface area contributed by atoms with Crippen molar-refractivity contribution in [2.45, 2.75) is 12.5 Å². The summed E-state index contributed by atoms with van der Waals surface area (Å²) < 4.78 is 4.84. The van der Waals surface area contributed by atoms with E-state index in [1.807, 2.05) is 0 Å². The second kappa shape index (κ2) is 7.35. The normalized spacial score (nSPS) is 10.6. The number of carbonyl (C=O) groups is 1. The summed E-state index contributed by atoms with van der Waals surface area (Å²) in [4.78, 5) is 10.0. The van der Waals surface area contributed by atoms with Gasteiger partial charge < -0.3 is 19.5 Å². The van der Waals surface area contributed by atoms with Gasteiger partial charge >= 0.3 is 5.97 Å². The lowest BCUT2D eigenvalue weighted by molar-refractivity contribution is -0.136. The van der Waals surface area contributed by atoms with Gasteiger partial charge in [0.2, 0.25) is 0 Å². The summed E-state index contributed by atoms with van der Waals surface area (Å²) in [7, 11) is 0. The van der Waals surface area contributed by atoms with Crippen LogP contribution >= 0.6 is 12.0 Å². The van der Waals surface area contributed by atoms with Crippen molar-refractivity contribution in [1.82, 2.24) is 0 Å². The summed E-state index contributed by atoms with van der Waals surface area (Å²) in [6.07, 6.45) is -0.613. The molecule has 0 aliphatic rings. The quantitative estimate of drug-likeness (QED) is 0.375. The SMILES string of the molecule is O=C(O)CCSOC(CO)CO. The number of aliphatic carboxylic acids is 1. The number of carboxylic acid groups (broad SMARTS) is 1. The Morgan fingerprint density at radius 2 is 2.00 bits per heavy atom. The molecule has 0 radical (unpaired) electrons. The van der Waals surface area contributed by atoms with Crippen LogP contribution in [0.2, 0.25) is 0 Å². The first-order valence-electron chi connectivity index (χ1n) is 3.42. The minimum atomic E-state index is -0.893. The van der Waals surface area contributed by atoms with E-state index in [1.165, 1.54) is 0 Å². The molecule has 0 amide bonds. The maximum absolute atomic E-state index is 10.0. The van der Waals surface area contributed by atoms with E-state index in [0.29, 0.717) is 5.75 Å². The summed E-state index contributed by atoms with van der Waals surface area (Å²) >= 11 is 0.938. The molecular weight excluding hydrogens is 184 g/mol. The molecule has 12 heavy (non-hydrogen) atoms. The van der Waals surface area contributed by atoms with Crippen LogP contribution in [0.1, 0.15) is 6.42 Å². The average Bonchev–Trinajstić information content (AvgIpc) is 2.04. The van der Waals surface area contributed by atoms with Crippen LogP contribution in [0, 0.1) is 0 Å². The van der Waals surface area contributed by atoms with Gasteiger partial charge in [0.1, 0.15) is 6.10 Å². The lowest BCUT2D eigenvalue weighted by Crippen LogP contribution is -2.19. The van der Waals surface area contributed by atoms with Crippen molar-refractivity contribution >= 4 is 18.0 Å². The molecule has 0 heterocycles. The highest BCUT2D eigenvalue weighted by Gasteiger charge is 2.06. The number of aliphatic hydroxyl groups is 2. The molecule has 0 spiro atoms. The zero-order valence-corrected chi connectivity index (χ0v) is 7.29. The second-order valence-electron chi connectivity index (χ2n) is 2.05. The van der Waals surface area contributed by atoms with Crippen LogP contribution in [0.4, 0.5) is 0 Å². The molecule has 0 saturated heterocycles. The van der Waals surface area contributed by atoms with Gasteiger partial charge in [0.05, 0.1) is 19.6 Å². The Labute approximate surface area is 74.6 Å². The molecule has 0 aliphatic heterocycles. The molecule has 0 fully saturated rings. The van der Waals surface area contributed by atoms with Gasteiger partial charge in [0, 0.05) is 5.75 Å². The van der Waals surface area contributed by atoms with Crippen LogP contribution in [0.3, 0.4) is 0 Å². The standard InChI is InChI=1S/C6H12O5S/c7-3-5(4-8)11-12-2-1-6(9)10/h5,7-8H,1-4H2,(H,9,10). The van der Waals surface area contributed by atoms with Gasteiger partial charge in [-0.2, -0.15) is 0 Å². The maximum atomic E-state index is 10.0. The molecule has 0 aromatic heterocycles. The van der Waals surface area contributed by atoms with Crippen molar-refractivity contribution in [1.29, 1.82) is 0 Å². The fraction of sp³-hybridized carbons (Fsp3) is 0.833. The summed E-state index contributed by atoms with van der Waals surface area (Å²) in [6.45, 7) is -0.535. The van der Waals surface area contributed by atoms with Gasteiger partial charge in [-0.15, -0.1) is 0 Å². The highest BCUT2D eigenvalue weighted by molar-refractivity contribution is 7.94. The summed E-state index contributed by atoms with van der Waals surface area (Å²) in [5.41, 5.74) is 0. The Balaban J connectivity index is 3.23. The molecule has 3 N–H and O–H groups in total. The van der Waals surface area contributed by atoms with E-state index in [2.05, 4.69) is 0 Å². The molecule has 5 nitrogen and oxygen atoms in total. The highest BCUT2D eigenvalue weighted by Crippen LogP contribution is 2.08. The first-order valence-corrected chi connectivity index (χ1v) is 4.33. The first kappa shape index (κ1) is 11.7. The van der Waals surface area contributed by atoms with Crippen LogP contribution in [0.5, 0.6) is 0 Å². The molecule has 0 aromatic carbocycles. The zero-order valence-electron chi connectivity index (χ0n) is 6.47. The Bertz CT molecular complexity index is 125. The monoisotopic (exact) mass is 196 g/mol. The number of rotatable bonds is 7. The predicted molar refractivity (Wildman–Crippen MR) is 43.8 cm³/mol. The molecular formula is C6H12O5S. The fourth-order valence-corrected chi connectivity index (χ4v) is 1.06. The molecule has 0 aromatic rings. The largest absolute Gasteiger partial charge is 0.481 e. The number of aliphatic hydroxyl groups excluding tert-OH is 2. The van der Waals surface area contributed by atoms with E-state index in [0.717, 1.165) is 12.0 Å². The van der Waals surface area contributed by atoms with Gasteiger partial charge in [-0.1, -0.05) is 0 Å². The van der Waals surface area contributed by atoms with E-state index < -0.39 is 12.1 Å². The minimum Gasteiger partial charge on any atom is -0.481 e. The van der Waals surface area contributed by atoms with Crippen molar-refractivity contribution in [2.75, 3.05) is 19.0 Å². The van der Waals surface area contributed by atoms with Crippen LogP contribution in [-0.2, 0) is 8.98 Å². The Morgan fingerprint density at radius 1 is 1.42 bits per heavy atom. The lowest BCUT2D eigenvalue weighted by Gasteiger charge is -2.09. The van der Waals surface area contributed by atoms with Gasteiger partial charge in [-0.05, 0) is 12.0 Å². The molecule has 0 rings (SSSR count). The lowest BCUT2D eigenvalue weighted by atomic mass is 10.4. The van der Waals surface area contributed by atoms with Crippen molar-refractivity contribution in [3.8, 4) is 0 Å². The van der Waals surface area contributed by atoms with Gasteiger partial charge in [-0.3, -0.25) is 4.79 Å². The Morgan fingerprint density at radius 3 is 2.42 bits per heavy atom. The van der Waals surface area contributed by atoms with E-state index in [1.54, 1.807) is 0 Å². The van der Waals surface area contributed by atoms with Crippen molar-refractivity contribution in [2.24, 2.45) is 0 Å². The van der Waals surface area contributed by atoms with Gasteiger partial charge in [0.25, 0.3) is 0 Å². The molecule has 0 atom stereocenters. The van der Waals surface area contributed by atoms with Crippen molar-refractivity contribution < 1.29 is 24.3 Å². The van der Waals surface area contributed by atoms with Crippen LogP contribution in [0.25, 0.3) is 0 Å². The molecule has 0 saturated carbocycles. The van der Waals surface area contributed by atoms with Gasteiger partial charge in [-0.25, -0.2) is 0 Å². The number of carboxylic acids is 1. The van der Waals surface area contributed by atoms with Crippen molar-refractivity contribution in [3.63, 3.8) is 0 Å².